The van der Waals surface area contributed by atoms with Crippen molar-refractivity contribution in [3.63, 3.8) is 0 Å². The van der Waals surface area contributed by atoms with E-state index >= 15 is 0 Å². The molecule has 6 aromatic rings. The molecule has 0 fully saturated rings. The van der Waals surface area contributed by atoms with Crippen LogP contribution >= 0.6 is 11.8 Å². The molecule has 0 amide bonds. The van der Waals surface area contributed by atoms with E-state index in [0.29, 0.717) is 0 Å². The SMILES string of the molecule is COc1ccc2[nH]c(-c3ccc4c(c3)Sc3cc(-c5cc6cc(OC)ccc6[nH]5)cnc3N4C)cc2c1. The van der Waals surface area contributed by atoms with Crippen LogP contribution in [0.25, 0.3) is 44.3 Å². The fourth-order valence-electron chi connectivity index (χ4n) is 4.97. The molecule has 0 saturated heterocycles. The Hall–Kier alpha value is -4.36. The van der Waals surface area contributed by atoms with Gasteiger partial charge >= 0.3 is 0 Å². The van der Waals surface area contributed by atoms with E-state index in [1.165, 1.54) is 4.90 Å². The minimum atomic E-state index is 0.848. The highest BCUT2D eigenvalue weighted by Crippen LogP contribution is 2.48. The van der Waals surface area contributed by atoms with E-state index in [1.807, 2.05) is 30.5 Å². The van der Waals surface area contributed by atoms with Gasteiger partial charge in [0.2, 0.25) is 0 Å². The Morgan fingerprint density at radius 1 is 0.703 bits per heavy atom. The molecule has 182 valence electrons. The third-order valence-corrected chi connectivity index (χ3v) is 8.04. The second kappa shape index (κ2) is 8.35. The minimum absolute atomic E-state index is 0.848. The van der Waals surface area contributed by atoms with Gasteiger partial charge in [-0.3, -0.25) is 0 Å². The predicted molar refractivity (Wildman–Crippen MR) is 151 cm³/mol. The molecule has 7 rings (SSSR count). The normalized spacial score (nSPS) is 12.6. The first-order chi connectivity index (χ1) is 18.1. The summed E-state index contributed by atoms with van der Waals surface area (Å²) in [5.74, 6) is 2.67. The van der Waals surface area contributed by atoms with E-state index in [0.717, 1.165) is 72.2 Å². The van der Waals surface area contributed by atoms with Crippen molar-refractivity contribution in [3.05, 3.63) is 79.0 Å². The first kappa shape index (κ1) is 21.9. The molecule has 0 bridgehead atoms. The molecule has 4 heterocycles. The van der Waals surface area contributed by atoms with Crippen molar-refractivity contribution in [1.29, 1.82) is 0 Å². The summed E-state index contributed by atoms with van der Waals surface area (Å²) in [6, 6.07) is 25.3. The number of nitrogens with zero attached hydrogens (tertiary/aromatic N) is 2. The molecule has 0 unspecified atom stereocenters. The topological polar surface area (TPSA) is 66.2 Å². The lowest BCUT2D eigenvalue weighted by molar-refractivity contribution is 0.415. The average molecular weight is 505 g/mol. The van der Waals surface area contributed by atoms with Crippen LogP contribution in [0.3, 0.4) is 0 Å². The van der Waals surface area contributed by atoms with E-state index in [-0.39, 0.29) is 0 Å². The van der Waals surface area contributed by atoms with Crippen LogP contribution in [0.15, 0.2) is 88.8 Å². The molecule has 0 spiro atoms. The summed E-state index contributed by atoms with van der Waals surface area (Å²) in [5, 5.41) is 2.25. The number of nitrogens with one attached hydrogen (secondary N) is 2. The number of aromatic nitrogens is 3. The zero-order valence-electron chi connectivity index (χ0n) is 20.6. The third-order valence-electron chi connectivity index (χ3n) is 6.97. The number of hydrogen-bond acceptors (Lipinski definition) is 5. The number of aromatic amines is 2. The maximum atomic E-state index is 5.39. The summed E-state index contributed by atoms with van der Waals surface area (Å²) in [6.07, 6.45) is 1.94. The van der Waals surface area contributed by atoms with Gasteiger partial charge in [-0.2, -0.15) is 0 Å². The molecule has 0 aliphatic carbocycles. The van der Waals surface area contributed by atoms with Gasteiger partial charge in [-0.25, -0.2) is 4.98 Å². The lowest BCUT2D eigenvalue weighted by Gasteiger charge is -2.28. The van der Waals surface area contributed by atoms with E-state index in [1.54, 1.807) is 26.0 Å². The molecule has 2 N–H and O–H groups in total. The summed E-state index contributed by atoms with van der Waals surface area (Å²) in [5.41, 5.74) is 7.64. The predicted octanol–water partition coefficient (Wildman–Crippen LogP) is 7.63. The Morgan fingerprint density at radius 3 is 1.97 bits per heavy atom. The van der Waals surface area contributed by atoms with Gasteiger partial charge in [0.15, 0.2) is 0 Å². The second-order valence-corrected chi connectivity index (χ2v) is 10.2. The summed E-state index contributed by atoms with van der Waals surface area (Å²) in [7, 11) is 5.46. The molecule has 0 radical (unpaired) electrons. The molecular formula is C30H24N4O2S. The molecule has 6 nitrogen and oxygen atoms in total. The van der Waals surface area contributed by atoms with Crippen LogP contribution in [-0.2, 0) is 0 Å². The molecule has 0 saturated carbocycles. The Labute approximate surface area is 218 Å². The van der Waals surface area contributed by atoms with Gasteiger partial charge in [0.05, 0.1) is 24.8 Å². The number of pyridine rings is 1. The Balaban J connectivity index is 1.25. The van der Waals surface area contributed by atoms with Gasteiger partial charge in [0.25, 0.3) is 0 Å². The smallest absolute Gasteiger partial charge is 0.146 e. The van der Waals surface area contributed by atoms with Crippen molar-refractivity contribution in [2.24, 2.45) is 0 Å². The molecule has 3 aromatic heterocycles. The van der Waals surface area contributed by atoms with Crippen molar-refractivity contribution < 1.29 is 9.47 Å². The lowest BCUT2D eigenvalue weighted by Crippen LogP contribution is -2.16. The van der Waals surface area contributed by atoms with Crippen molar-refractivity contribution in [2.75, 3.05) is 26.2 Å². The van der Waals surface area contributed by atoms with Crippen LogP contribution in [0.2, 0.25) is 0 Å². The number of H-pyrrole nitrogens is 2. The zero-order valence-corrected chi connectivity index (χ0v) is 21.4. The van der Waals surface area contributed by atoms with Crippen LogP contribution in [0.1, 0.15) is 0 Å². The van der Waals surface area contributed by atoms with Crippen molar-refractivity contribution >= 4 is 45.1 Å². The summed E-state index contributed by atoms with van der Waals surface area (Å²) >= 11 is 1.76. The standard InChI is InChI=1S/C30H24N4O2S/c1-34-27-9-4-17(25-12-18-10-21(35-2)5-7-23(18)32-25)14-28(27)37-29-15-20(16-31-30(29)34)26-13-19-11-22(36-3)6-8-24(19)33-26/h4-16,32-33H,1-3H3. The van der Waals surface area contributed by atoms with Crippen LogP contribution in [-0.4, -0.2) is 36.2 Å². The van der Waals surface area contributed by atoms with Gasteiger partial charge in [-0.15, -0.1) is 0 Å². The maximum Gasteiger partial charge on any atom is 0.146 e. The quantitative estimate of drug-likeness (QED) is 0.258. The second-order valence-electron chi connectivity index (χ2n) is 9.16. The number of benzene rings is 3. The minimum Gasteiger partial charge on any atom is -0.497 e. The summed E-state index contributed by atoms with van der Waals surface area (Å²) in [4.78, 5) is 16.4. The monoisotopic (exact) mass is 504 g/mol. The largest absolute Gasteiger partial charge is 0.497 e. The van der Waals surface area contributed by atoms with Crippen molar-refractivity contribution in [3.8, 4) is 34.0 Å². The third kappa shape index (κ3) is 3.62. The molecule has 0 atom stereocenters. The average Bonchev–Trinajstić information content (AvgIpc) is 3.56. The van der Waals surface area contributed by atoms with Gasteiger partial charge in [0, 0.05) is 56.9 Å². The van der Waals surface area contributed by atoms with Gasteiger partial charge in [-0.1, -0.05) is 17.8 Å². The molecule has 37 heavy (non-hydrogen) atoms. The number of ether oxygens (including phenoxy) is 2. The van der Waals surface area contributed by atoms with Crippen LogP contribution in [0.4, 0.5) is 11.5 Å². The van der Waals surface area contributed by atoms with Crippen molar-refractivity contribution in [2.45, 2.75) is 9.79 Å². The van der Waals surface area contributed by atoms with Crippen LogP contribution in [0.5, 0.6) is 11.5 Å². The van der Waals surface area contributed by atoms with E-state index in [2.05, 4.69) is 70.4 Å². The molecule has 7 heteroatoms. The number of hydrogen-bond donors (Lipinski definition) is 2. The fourth-order valence-corrected chi connectivity index (χ4v) is 6.17. The highest BCUT2D eigenvalue weighted by atomic mass is 32.2. The van der Waals surface area contributed by atoms with E-state index in [4.69, 9.17) is 14.5 Å². The van der Waals surface area contributed by atoms with E-state index < -0.39 is 0 Å². The Bertz CT molecular complexity index is 1690. The zero-order chi connectivity index (χ0) is 25.1. The lowest BCUT2D eigenvalue weighted by atomic mass is 10.1. The number of methoxy groups -OCH3 is 2. The molecular weight excluding hydrogens is 480 g/mol. The Morgan fingerprint density at radius 2 is 1.32 bits per heavy atom. The molecule has 3 aromatic carbocycles. The Kier molecular flexibility index (Phi) is 4.94. The van der Waals surface area contributed by atoms with Gasteiger partial charge in [-0.05, 0) is 72.3 Å². The molecule has 1 aliphatic heterocycles. The maximum absolute atomic E-state index is 5.39. The summed E-state index contributed by atoms with van der Waals surface area (Å²) in [6.45, 7) is 0. The number of fused-ring (bicyclic) bond motifs is 4. The highest BCUT2D eigenvalue weighted by molar-refractivity contribution is 7.99. The van der Waals surface area contributed by atoms with Crippen LogP contribution < -0.4 is 14.4 Å². The first-order valence-corrected chi connectivity index (χ1v) is 12.8. The van der Waals surface area contributed by atoms with Gasteiger partial charge in [0.1, 0.15) is 17.3 Å². The fraction of sp³-hybridized carbons (Fsp3) is 0.100. The highest BCUT2D eigenvalue weighted by Gasteiger charge is 2.23. The van der Waals surface area contributed by atoms with Crippen molar-refractivity contribution in [1.82, 2.24) is 15.0 Å². The first-order valence-electron chi connectivity index (χ1n) is 12.0. The summed E-state index contributed by atoms with van der Waals surface area (Å²) < 4.78 is 10.8. The van der Waals surface area contributed by atoms with Gasteiger partial charge < -0.3 is 24.3 Å². The number of anilines is 2. The van der Waals surface area contributed by atoms with E-state index in [9.17, 15) is 0 Å². The number of rotatable bonds is 4. The molecule has 1 aliphatic rings. The van der Waals surface area contributed by atoms with Crippen LogP contribution in [0, 0.1) is 0 Å².